The summed E-state index contributed by atoms with van der Waals surface area (Å²) in [4.78, 5) is 15.3. The molecule has 0 bridgehead atoms. The van der Waals surface area contributed by atoms with Gasteiger partial charge in [-0.1, -0.05) is 37.5 Å². The van der Waals surface area contributed by atoms with E-state index in [1.165, 1.54) is 19.3 Å². The van der Waals surface area contributed by atoms with Gasteiger partial charge in [-0.3, -0.25) is 9.89 Å². The van der Waals surface area contributed by atoms with Gasteiger partial charge in [0.25, 0.3) is 5.91 Å². The predicted octanol–water partition coefficient (Wildman–Crippen LogP) is 3.38. The zero-order valence-electron chi connectivity index (χ0n) is 17.5. The number of sulfonamides is 1. The number of rotatable bonds is 5. The van der Waals surface area contributed by atoms with E-state index >= 15 is 0 Å². The van der Waals surface area contributed by atoms with Crippen molar-refractivity contribution in [3.63, 3.8) is 0 Å². The Morgan fingerprint density at radius 2 is 1.73 bits per heavy atom. The van der Waals surface area contributed by atoms with Crippen molar-refractivity contribution in [3.05, 3.63) is 47.8 Å². The van der Waals surface area contributed by atoms with E-state index in [1.807, 2.05) is 18.0 Å². The van der Waals surface area contributed by atoms with Gasteiger partial charge in [0.05, 0.1) is 22.3 Å². The van der Waals surface area contributed by atoms with Crippen molar-refractivity contribution in [1.29, 1.82) is 0 Å². The minimum atomic E-state index is -3.48. The summed E-state index contributed by atoms with van der Waals surface area (Å²) in [7, 11) is -1.58. The van der Waals surface area contributed by atoms with Crippen LogP contribution in [0.4, 0.5) is 0 Å². The molecule has 2 aromatic rings. The first-order valence-electron chi connectivity index (χ1n) is 10.8. The summed E-state index contributed by atoms with van der Waals surface area (Å²) in [5, 5.41) is 7.19. The first-order valence-corrected chi connectivity index (χ1v) is 12.3. The number of hydrogen-bond donors (Lipinski definition) is 1. The molecule has 0 unspecified atom stereocenters. The van der Waals surface area contributed by atoms with Gasteiger partial charge in [0, 0.05) is 32.1 Å². The molecule has 1 saturated carbocycles. The van der Waals surface area contributed by atoms with Crippen LogP contribution in [-0.2, 0) is 10.0 Å². The smallest absolute Gasteiger partial charge is 0.257 e. The zero-order valence-corrected chi connectivity index (χ0v) is 18.3. The molecule has 1 N–H and O–H groups in total. The summed E-state index contributed by atoms with van der Waals surface area (Å²) in [5.41, 5.74) is 1.48. The molecule has 2 heterocycles. The molecule has 0 radical (unpaired) electrons. The van der Waals surface area contributed by atoms with E-state index in [0.29, 0.717) is 42.4 Å². The number of carbonyl (C=O) groups excluding carboxylic acids is 1. The van der Waals surface area contributed by atoms with E-state index in [4.69, 9.17) is 0 Å². The maximum atomic E-state index is 13.1. The van der Waals surface area contributed by atoms with Crippen LogP contribution in [0.25, 0.3) is 0 Å². The molecule has 30 heavy (non-hydrogen) atoms. The van der Waals surface area contributed by atoms with Crippen LogP contribution < -0.4 is 0 Å². The number of hydrogen-bond acceptors (Lipinski definition) is 4. The number of nitrogens with one attached hydrogen (secondary N) is 1. The Balaban J connectivity index is 1.44. The SMILES string of the molecule is CN(C(=O)c1cn[nH]c1C1CCN(S(=O)(=O)c2ccccc2)CC1)C1CCCCC1. The lowest BCUT2D eigenvalue weighted by Crippen LogP contribution is -2.40. The number of H-pyrrole nitrogens is 1. The van der Waals surface area contributed by atoms with Crippen molar-refractivity contribution in [2.24, 2.45) is 0 Å². The Bertz CT molecular complexity index is 959. The highest BCUT2D eigenvalue weighted by atomic mass is 32.2. The van der Waals surface area contributed by atoms with Crippen LogP contribution in [0.1, 0.15) is 66.9 Å². The van der Waals surface area contributed by atoms with Gasteiger partial charge >= 0.3 is 0 Å². The second kappa shape index (κ2) is 8.89. The average Bonchev–Trinajstić information content (AvgIpc) is 3.29. The van der Waals surface area contributed by atoms with E-state index in [1.54, 1.807) is 34.8 Å². The lowest BCUT2D eigenvalue weighted by Gasteiger charge is -2.33. The molecule has 2 aliphatic rings. The third-order valence-corrected chi connectivity index (χ3v) is 8.50. The van der Waals surface area contributed by atoms with Gasteiger partial charge in [-0.25, -0.2) is 8.42 Å². The monoisotopic (exact) mass is 430 g/mol. The normalized spacial score (nSPS) is 19.6. The molecule has 4 rings (SSSR count). The average molecular weight is 431 g/mol. The Hall–Kier alpha value is -2.19. The molecule has 8 heteroatoms. The van der Waals surface area contributed by atoms with Crippen LogP contribution in [0, 0.1) is 0 Å². The fraction of sp³-hybridized carbons (Fsp3) is 0.545. The molecular formula is C22H30N4O3S. The number of nitrogens with zero attached hydrogens (tertiary/aromatic N) is 3. The lowest BCUT2D eigenvalue weighted by atomic mass is 9.91. The van der Waals surface area contributed by atoms with Crippen LogP contribution in [0.2, 0.25) is 0 Å². The van der Waals surface area contributed by atoms with E-state index in [2.05, 4.69) is 10.2 Å². The van der Waals surface area contributed by atoms with Crippen molar-refractivity contribution >= 4 is 15.9 Å². The van der Waals surface area contributed by atoms with Gasteiger partial charge in [0.1, 0.15) is 0 Å². The molecule has 1 saturated heterocycles. The second-order valence-corrected chi connectivity index (χ2v) is 10.3. The van der Waals surface area contributed by atoms with Crippen molar-refractivity contribution in [1.82, 2.24) is 19.4 Å². The van der Waals surface area contributed by atoms with Gasteiger partial charge in [0.2, 0.25) is 10.0 Å². The first kappa shape index (κ1) is 21.1. The molecule has 1 aromatic carbocycles. The first-order chi connectivity index (χ1) is 14.5. The van der Waals surface area contributed by atoms with Gasteiger partial charge in [-0.05, 0) is 37.8 Å². The summed E-state index contributed by atoms with van der Waals surface area (Å²) in [6.45, 7) is 0.875. The minimum Gasteiger partial charge on any atom is -0.339 e. The summed E-state index contributed by atoms with van der Waals surface area (Å²) < 4.78 is 27.3. The van der Waals surface area contributed by atoms with Gasteiger partial charge in [0.15, 0.2) is 0 Å². The van der Waals surface area contributed by atoms with Crippen LogP contribution >= 0.6 is 0 Å². The molecule has 1 aliphatic carbocycles. The van der Waals surface area contributed by atoms with Crippen LogP contribution in [0.3, 0.4) is 0 Å². The molecule has 7 nitrogen and oxygen atoms in total. The van der Waals surface area contributed by atoms with Crippen molar-refractivity contribution in [2.75, 3.05) is 20.1 Å². The summed E-state index contributed by atoms with van der Waals surface area (Å²) in [6, 6.07) is 8.86. The van der Waals surface area contributed by atoms with Crippen LogP contribution in [-0.4, -0.2) is 59.9 Å². The number of benzene rings is 1. The Morgan fingerprint density at radius 3 is 2.40 bits per heavy atom. The van der Waals surface area contributed by atoms with Crippen molar-refractivity contribution in [3.8, 4) is 0 Å². The summed E-state index contributed by atoms with van der Waals surface area (Å²) in [6.07, 6.45) is 8.69. The fourth-order valence-corrected chi connectivity index (χ4v) is 6.22. The van der Waals surface area contributed by atoms with Crippen molar-refractivity contribution in [2.45, 2.75) is 61.8 Å². The number of aromatic amines is 1. The molecule has 1 aliphatic heterocycles. The number of aromatic nitrogens is 2. The standard InChI is InChI=1S/C22H30N4O3S/c1-25(18-8-4-2-5-9-18)22(27)20-16-23-24-21(20)17-12-14-26(15-13-17)30(28,29)19-10-6-3-7-11-19/h3,6-7,10-11,16-18H,2,4-5,8-9,12-15H2,1H3,(H,23,24). The number of carbonyl (C=O) groups is 1. The third kappa shape index (κ3) is 4.16. The van der Waals surface area contributed by atoms with Gasteiger partial charge < -0.3 is 4.90 Å². The van der Waals surface area contributed by atoms with Gasteiger partial charge in [-0.15, -0.1) is 0 Å². The Labute approximate surface area is 178 Å². The lowest BCUT2D eigenvalue weighted by molar-refractivity contribution is 0.0694. The van der Waals surface area contributed by atoms with E-state index in [-0.39, 0.29) is 11.8 Å². The Kier molecular flexibility index (Phi) is 6.24. The summed E-state index contributed by atoms with van der Waals surface area (Å²) in [5.74, 6) is 0.124. The van der Waals surface area contributed by atoms with Crippen LogP contribution in [0.5, 0.6) is 0 Å². The molecule has 0 spiro atoms. The maximum absolute atomic E-state index is 13.1. The quantitative estimate of drug-likeness (QED) is 0.788. The number of amides is 1. The molecule has 1 amide bonds. The Morgan fingerprint density at radius 1 is 1.07 bits per heavy atom. The fourth-order valence-electron chi connectivity index (χ4n) is 4.73. The van der Waals surface area contributed by atoms with Crippen molar-refractivity contribution < 1.29 is 13.2 Å². The topological polar surface area (TPSA) is 86.4 Å². The van der Waals surface area contributed by atoms with E-state index < -0.39 is 10.0 Å². The predicted molar refractivity (Wildman–Crippen MR) is 115 cm³/mol. The highest BCUT2D eigenvalue weighted by molar-refractivity contribution is 7.89. The highest BCUT2D eigenvalue weighted by Crippen LogP contribution is 2.32. The van der Waals surface area contributed by atoms with Gasteiger partial charge in [-0.2, -0.15) is 9.40 Å². The highest BCUT2D eigenvalue weighted by Gasteiger charge is 2.33. The summed E-state index contributed by atoms with van der Waals surface area (Å²) >= 11 is 0. The van der Waals surface area contributed by atoms with E-state index in [9.17, 15) is 13.2 Å². The molecule has 0 atom stereocenters. The molecular weight excluding hydrogens is 400 g/mol. The third-order valence-electron chi connectivity index (χ3n) is 6.59. The number of piperidine rings is 1. The van der Waals surface area contributed by atoms with Crippen LogP contribution in [0.15, 0.2) is 41.4 Å². The maximum Gasteiger partial charge on any atom is 0.257 e. The van der Waals surface area contributed by atoms with E-state index in [0.717, 1.165) is 18.5 Å². The largest absolute Gasteiger partial charge is 0.339 e. The molecule has 2 fully saturated rings. The second-order valence-electron chi connectivity index (χ2n) is 8.40. The molecule has 162 valence electrons. The zero-order chi connectivity index (χ0) is 21.1. The minimum absolute atomic E-state index is 0.0185. The molecule has 1 aromatic heterocycles.